The lowest BCUT2D eigenvalue weighted by Crippen LogP contribution is -2.34. The standard InChI is InChI=1S/C14H14N4O4/c1-8(2)14(19)17-12(11(7-15)13(16)22-17)9-3-5-10(6-4-9)18(20)21/h3-6,8,12H,16H2,1-2H3. The van der Waals surface area contributed by atoms with Crippen LogP contribution in [0.2, 0.25) is 0 Å². The number of nitrogens with zero attached hydrogens (tertiary/aromatic N) is 3. The Morgan fingerprint density at radius 2 is 2.05 bits per heavy atom. The molecule has 1 atom stereocenters. The van der Waals surface area contributed by atoms with Gasteiger partial charge in [0, 0.05) is 18.1 Å². The van der Waals surface area contributed by atoms with Crippen LogP contribution < -0.4 is 5.73 Å². The molecular weight excluding hydrogens is 288 g/mol. The van der Waals surface area contributed by atoms with Gasteiger partial charge in [0.2, 0.25) is 5.88 Å². The van der Waals surface area contributed by atoms with Gasteiger partial charge >= 0.3 is 0 Å². The smallest absolute Gasteiger partial charge is 0.269 e. The van der Waals surface area contributed by atoms with Crippen LogP contribution in [0.5, 0.6) is 0 Å². The Balaban J connectivity index is 2.44. The van der Waals surface area contributed by atoms with Crippen LogP contribution in [0.15, 0.2) is 35.7 Å². The minimum atomic E-state index is -0.805. The highest BCUT2D eigenvalue weighted by molar-refractivity contribution is 5.79. The molecule has 0 spiro atoms. The van der Waals surface area contributed by atoms with Crippen molar-refractivity contribution in [2.45, 2.75) is 19.9 Å². The average Bonchev–Trinajstić information content (AvgIpc) is 2.82. The van der Waals surface area contributed by atoms with Gasteiger partial charge in [-0.05, 0) is 17.7 Å². The quantitative estimate of drug-likeness (QED) is 0.670. The first-order valence-corrected chi connectivity index (χ1v) is 6.52. The molecule has 8 heteroatoms. The van der Waals surface area contributed by atoms with Crippen LogP contribution in [-0.4, -0.2) is 15.9 Å². The van der Waals surface area contributed by atoms with Crippen molar-refractivity contribution in [1.82, 2.24) is 5.06 Å². The Hall–Kier alpha value is -3.08. The van der Waals surface area contributed by atoms with Gasteiger partial charge in [0.15, 0.2) is 0 Å². The summed E-state index contributed by atoms with van der Waals surface area (Å²) in [4.78, 5) is 27.6. The van der Waals surface area contributed by atoms with Gasteiger partial charge < -0.3 is 10.6 Å². The normalized spacial score (nSPS) is 17.4. The number of carbonyl (C=O) groups is 1. The van der Waals surface area contributed by atoms with E-state index in [1.165, 1.54) is 24.3 Å². The Morgan fingerprint density at radius 3 is 2.50 bits per heavy atom. The molecular formula is C14H14N4O4. The van der Waals surface area contributed by atoms with Gasteiger partial charge in [-0.1, -0.05) is 13.8 Å². The van der Waals surface area contributed by atoms with E-state index in [2.05, 4.69) is 0 Å². The van der Waals surface area contributed by atoms with E-state index in [1.54, 1.807) is 13.8 Å². The maximum atomic E-state index is 12.2. The van der Waals surface area contributed by atoms with Crippen LogP contribution >= 0.6 is 0 Å². The lowest BCUT2D eigenvalue weighted by molar-refractivity contribution is -0.384. The molecule has 1 amide bonds. The molecule has 1 aromatic rings. The van der Waals surface area contributed by atoms with Crippen LogP contribution in [0.25, 0.3) is 0 Å². The number of nitrogens with two attached hydrogens (primary N) is 1. The summed E-state index contributed by atoms with van der Waals surface area (Å²) in [6, 6.07) is 6.68. The molecule has 1 aromatic carbocycles. The predicted molar refractivity (Wildman–Crippen MR) is 75.4 cm³/mol. The zero-order valence-corrected chi connectivity index (χ0v) is 12.0. The van der Waals surface area contributed by atoms with Gasteiger partial charge in [-0.2, -0.15) is 10.3 Å². The lowest BCUT2D eigenvalue weighted by atomic mass is 9.99. The fraction of sp³-hybridized carbons (Fsp3) is 0.286. The predicted octanol–water partition coefficient (Wildman–Crippen LogP) is 1.76. The van der Waals surface area contributed by atoms with Crippen LogP contribution in [0.4, 0.5) is 5.69 Å². The average molecular weight is 302 g/mol. The molecule has 0 saturated carbocycles. The van der Waals surface area contributed by atoms with Crippen molar-refractivity contribution in [1.29, 1.82) is 5.26 Å². The Kier molecular flexibility index (Phi) is 3.99. The van der Waals surface area contributed by atoms with Crippen molar-refractivity contribution in [3.63, 3.8) is 0 Å². The van der Waals surface area contributed by atoms with Crippen molar-refractivity contribution in [2.75, 3.05) is 0 Å². The second-order valence-electron chi connectivity index (χ2n) is 5.05. The number of carbonyl (C=O) groups excluding carboxylic acids is 1. The largest absolute Gasteiger partial charge is 0.367 e. The van der Waals surface area contributed by atoms with Crippen molar-refractivity contribution < 1.29 is 14.6 Å². The van der Waals surface area contributed by atoms with E-state index < -0.39 is 11.0 Å². The van der Waals surface area contributed by atoms with E-state index in [-0.39, 0.29) is 29.0 Å². The molecule has 8 nitrogen and oxygen atoms in total. The lowest BCUT2D eigenvalue weighted by Gasteiger charge is -2.24. The maximum Gasteiger partial charge on any atom is 0.269 e. The molecule has 0 saturated heterocycles. The van der Waals surface area contributed by atoms with E-state index in [1.807, 2.05) is 6.07 Å². The Labute approximate surface area is 126 Å². The van der Waals surface area contributed by atoms with E-state index >= 15 is 0 Å². The number of nitriles is 1. The number of nitro groups is 1. The summed E-state index contributed by atoms with van der Waals surface area (Å²) in [7, 11) is 0. The molecule has 1 unspecified atom stereocenters. The Bertz CT molecular complexity index is 688. The maximum absolute atomic E-state index is 12.2. The van der Waals surface area contributed by atoms with Crippen LogP contribution in [0, 0.1) is 27.4 Å². The van der Waals surface area contributed by atoms with Gasteiger partial charge in [0.25, 0.3) is 11.6 Å². The Morgan fingerprint density at radius 1 is 1.45 bits per heavy atom. The summed E-state index contributed by atoms with van der Waals surface area (Å²) >= 11 is 0. The summed E-state index contributed by atoms with van der Waals surface area (Å²) in [6.45, 7) is 3.39. The molecule has 0 bridgehead atoms. The molecule has 1 heterocycles. The second kappa shape index (κ2) is 5.73. The zero-order chi connectivity index (χ0) is 16.4. The summed E-state index contributed by atoms with van der Waals surface area (Å²) < 4.78 is 0. The molecule has 0 radical (unpaired) electrons. The number of hydrogen-bond acceptors (Lipinski definition) is 6. The van der Waals surface area contributed by atoms with Gasteiger partial charge in [-0.25, -0.2) is 0 Å². The number of hydrogen-bond donors (Lipinski definition) is 1. The molecule has 0 aliphatic carbocycles. The molecule has 0 fully saturated rings. The first-order chi connectivity index (χ1) is 10.4. The first kappa shape index (κ1) is 15.3. The highest BCUT2D eigenvalue weighted by Gasteiger charge is 2.40. The summed E-state index contributed by atoms with van der Waals surface area (Å²) in [5.41, 5.74) is 6.18. The van der Waals surface area contributed by atoms with Crippen molar-refractivity contribution >= 4 is 11.6 Å². The van der Waals surface area contributed by atoms with Crippen molar-refractivity contribution in [3.05, 3.63) is 51.4 Å². The second-order valence-corrected chi connectivity index (χ2v) is 5.05. The summed E-state index contributed by atoms with van der Waals surface area (Å²) in [5.74, 6) is -0.831. The number of nitro benzene ring substituents is 1. The molecule has 1 aliphatic heterocycles. The van der Waals surface area contributed by atoms with Crippen LogP contribution in [0.1, 0.15) is 25.5 Å². The molecule has 0 aromatic heterocycles. The first-order valence-electron chi connectivity index (χ1n) is 6.52. The minimum absolute atomic E-state index is 0.0835. The van der Waals surface area contributed by atoms with E-state index in [0.717, 1.165) is 5.06 Å². The van der Waals surface area contributed by atoms with Crippen molar-refractivity contribution in [3.8, 4) is 6.07 Å². The van der Waals surface area contributed by atoms with E-state index in [9.17, 15) is 20.2 Å². The number of non-ortho nitro benzene ring substituents is 1. The number of benzene rings is 1. The van der Waals surface area contributed by atoms with Gasteiger partial charge in [-0.15, -0.1) is 0 Å². The number of rotatable bonds is 3. The summed E-state index contributed by atoms with van der Waals surface area (Å²) in [6.07, 6.45) is 0. The fourth-order valence-corrected chi connectivity index (χ4v) is 2.08. The zero-order valence-electron chi connectivity index (χ0n) is 12.0. The van der Waals surface area contributed by atoms with E-state index in [4.69, 9.17) is 10.6 Å². The van der Waals surface area contributed by atoms with Gasteiger partial charge in [-0.3, -0.25) is 14.9 Å². The highest BCUT2D eigenvalue weighted by atomic mass is 16.7. The fourth-order valence-electron chi connectivity index (χ4n) is 2.08. The molecule has 2 rings (SSSR count). The van der Waals surface area contributed by atoms with Crippen LogP contribution in [-0.2, 0) is 9.63 Å². The SMILES string of the molecule is CC(C)C(=O)N1OC(N)=C(C#N)C1c1ccc([N+](=O)[O-])cc1. The van der Waals surface area contributed by atoms with Crippen LogP contribution in [0.3, 0.4) is 0 Å². The molecule has 1 aliphatic rings. The van der Waals surface area contributed by atoms with Gasteiger partial charge in [0.1, 0.15) is 17.7 Å². The molecule has 2 N–H and O–H groups in total. The monoisotopic (exact) mass is 302 g/mol. The third-order valence-corrected chi connectivity index (χ3v) is 3.22. The highest BCUT2D eigenvalue weighted by Crippen LogP contribution is 2.37. The summed E-state index contributed by atoms with van der Waals surface area (Å²) in [5, 5.41) is 21.0. The number of amides is 1. The third kappa shape index (κ3) is 2.56. The van der Waals surface area contributed by atoms with E-state index in [0.29, 0.717) is 5.56 Å². The molecule has 114 valence electrons. The topological polar surface area (TPSA) is 122 Å². The van der Waals surface area contributed by atoms with Crippen molar-refractivity contribution in [2.24, 2.45) is 11.7 Å². The molecule has 22 heavy (non-hydrogen) atoms. The third-order valence-electron chi connectivity index (χ3n) is 3.22. The number of hydroxylamine groups is 2. The van der Waals surface area contributed by atoms with Gasteiger partial charge in [0.05, 0.1) is 4.92 Å². The minimum Gasteiger partial charge on any atom is -0.367 e.